The molecule has 1 saturated heterocycles. The molecule has 0 bridgehead atoms. The number of nitrogens with zero attached hydrogens (tertiary/aromatic N) is 1. The van der Waals surface area contributed by atoms with E-state index in [0.29, 0.717) is 6.79 Å². The van der Waals surface area contributed by atoms with E-state index in [4.69, 9.17) is 9.47 Å². The van der Waals surface area contributed by atoms with Crippen LogP contribution in [0.25, 0.3) is 0 Å². The SMILES string of the molecule is O=C(NC1CCN(Cc2ccc3c(c2)OCO3)CC1)c1ccccc1. The van der Waals surface area contributed by atoms with Crippen molar-refractivity contribution in [3.63, 3.8) is 0 Å². The Balaban J connectivity index is 1.28. The minimum absolute atomic E-state index is 0.0230. The highest BCUT2D eigenvalue weighted by Gasteiger charge is 2.22. The summed E-state index contributed by atoms with van der Waals surface area (Å²) in [6.07, 6.45) is 1.95. The molecule has 2 aromatic rings. The lowest BCUT2D eigenvalue weighted by atomic mass is 10.0. The predicted molar refractivity (Wildman–Crippen MR) is 94.8 cm³/mol. The number of likely N-dealkylation sites (tertiary alicyclic amines) is 1. The second-order valence-electron chi connectivity index (χ2n) is 6.58. The van der Waals surface area contributed by atoms with Crippen molar-refractivity contribution in [1.29, 1.82) is 0 Å². The van der Waals surface area contributed by atoms with Crippen molar-refractivity contribution in [3.05, 3.63) is 59.7 Å². The van der Waals surface area contributed by atoms with Crippen LogP contribution < -0.4 is 14.8 Å². The Labute approximate surface area is 147 Å². The van der Waals surface area contributed by atoms with Gasteiger partial charge in [-0.3, -0.25) is 9.69 Å². The Bertz CT molecular complexity index is 740. The van der Waals surface area contributed by atoms with Crippen LogP contribution in [0.2, 0.25) is 0 Å². The molecule has 1 fully saturated rings. The van der Waals surface area contributed by atoms with Gasteiger partial charge in [-0.15, -0.1) is 0 Å². The summed E-state index contributed by atoms with van der Waals surface area (Å²) < 4.78 is 10.8. The maximum absolute atomic E-state index is 12.2. The van der Waals surface area contributed by atoms with Crippen molar-refractivity contribution in [3.8, 4) is 11.5 Å². The number of fused-ring (bicyclic) bond motifs is 1. The van der Waals surface area contributed by atoms with Gasteiger partial charge in [-0.1, -0.05) is 24.3 Å². The van der Waals surface area contributed by atoms with Crippen LogP contribution in [0.1, 0.15) is 28.8 Å². The number of hydrogen-bond donors (Lipinski definition) is 1. The third-order valence-electron chi connectivity index (χ3n) is 4.80. The zero-order chi connectivity index (χ0) is 17.1. The van der Waals surface area contributed by atoms with E-state index in [-0.39, 0.29) is 11.9 Å². The number of amides is 1. The Hall–Kier alpha value is -2.53. The largest absolute Gasteiger partial charge is 0.454 e. The highest BCUT2D eigenvalue weighted by Crippen LogP contribution is 2.33. The third-order valence-corrected chi connectivity index (χ3v) is 4.80. The van der Waals surface area contributed by atoms with E-state index in [9.17, 15) is 4.79 Å². The van der Waals surface area contributed by atoms with Gasteiger partial charge in [0.1, 0.15) is 0 Å². The first-order chi connectivity index (χ1) is 12.3. The van der Waals surface area contributed by atoms with Gasteiger partial charge < -0.3 is 14.8 Å². The van der Waals surface area contributed by atoms with Gasteiger partial charge in [-0.25, -0.2) is 0 Å². The first-order valence-corrected chi connectivity index (χ1v) is 8.75. The fourth-order valence-corrected chi connectivity index (χ4v) is 3.39. The molecule has 0 atom stereocenters. The van der Waals surface area contributed by atoms with Crippen LogP contribution in [-0.4, -0.2) is 36.7 Å². The van der Waals surface area contributed by atoms with E-state index in [1.165, 1.54) is 5.56 Å². The van der Waals surface area contributed by atoms with Gasteiger partial charge in [0.15, 0.2) is 11.5 Å². The average molecular weight is 338 g/mol. The Morgan fingerprint density at radius 3 is 2.60 bits per heavy atom. The van der Waals surface area contributed by atoms with Crippen molar-refractivity contribution in [2.75, 3.05) is 19.9 Å². The second kappa shape index (κ2) is 7.15. The molecule has 2 heterocycles. The molecule has 0 spiro atoms. The number of benzene rings is 2. The lowest BCUT2D eigenvalue weighted by Gasteiger charge is -2.32. The summed E-state index contributed by atoms with van der Waals surface area (Å²) in [4.78, 5) is 14.7. The molecule has 5 nitrogen and oxygen atoms in total. The van der Waals surface area contributed by atoms with E-state index >= 15 is 0 Å². The van der Waals surface area contributed by atoms with Crippen LogP contribution >= 0.6 is 0 Å². The number of carbonyl (C=O) groups is 1. The average Bonchev–Trinajstić information content (AvgIpc) is 3.12. The van der Waals surface area contributed by atoms with Crippen LogP contribution in [-0.2, 0) is 6.54 Å². The highest BCUT2D eigenvalue weighted by molar-refractivity contribution is 5.94. The molecule has 1 N–H and O–H groups in total. The van der Waals surface area contributed by atoms with Gasteiger partial charge in [0.05, 0.1) is 0 Å². The Morgan fingerprint density at radius 1 is 1.04 bits per heavy atom. The fourth-order valence-electron chi connectivity index (χ4n) is 3.39. The number of hydrogen-bond acceptors (Lipinski definition) is 4. The summed E-state index contributed by atoms with van der Waals surface area (Å²) in [5.74, 6) is 1.68. The quantitative estimate of drug-likeness (QED) is 0.931. The van der Waals surface area contributed by atoms with Crippen LogP contribution in [0.4, 0.5) is 0 Å². The van der Waals surface area contributed by atoms with E-state index in [0.717, 1.165) is 49.5 Å². The maximum atomic E-state index is 12.2. The molecule has 5 heteroatoms. The first-order valence-electron chi connectivity index (χ1n) is 8.75. The first kappa shape index (κ1) is 16.0. The number of rotatable bonds is 4. The normalized spacial score (nSPS) is 17.4. The summed E-state index contributed by atoms with van der Waals surface area (Å²) in [6, 6.07) is 15.8. The smallest absolute Gasteiger partial charge is 0.251 e. The maximum Gasteiger partial charge on any atom is 0.251 e. The predicted octanol–water partition coefficient (Wildman–Crippen LogP) is 2.81. The van der Waals surface area contributed by atoms with Crippen molar-refractivity contribution in [1.82, 2.24) is 10.2 Å². The number of nitrogens with one attached hydrogen (secondary N) is 1. The molecule has 0 saturated carbocycles. The zero-order valence-corrected chi connectivity index (χ0v) is 14.1. The van der Waals surface area contributed by atoms with Crippen LogP contribution in [0.5, 0.6) is 11.5 Å². The lowest BCUT2D eigenvalue weighted by Crippen LogP contribution is -2.44. The van der Waals surface area contributed by atoms with Crippen molar-refractivity contribution in [2.24, 2.45) is 0 Å². The molecule has 130 valence electrons. The summed E-state index contributed by atoms with van der Waals surface area (Å²) >= 11 is 0. The van der Waals surface area contributed by atoms with Gasteiger partial charge in [0.2, 0.25) is 6.79 Å². The van der Waals surface area contributed by atoms with Crippen molar-refractivity contribution in [2.45, 2.75) is 25.4 Å². The van der Waals surface area contributed by atoms with Crippen LogP contribution in [0, 0.1) is 0 Å². The molecule has 0 radical (unpaired) electrons. The summed E-state index contributed by atoms with van der Waals surface area (Å²) in [7, 11) is 0. The van der Waals surface area contributed by atoms with Gasteiger partial charge in [0.25, 0.3) is 5.91 Å². The molecule has 2 aromatic carbocycles. The van der Waals surface area contributed by atoms with Crippen molar-refractivity contribution < 1.29 is 14.3 Å². The van der Waals surface area contributed by atoms with Gasteiger partial charge in [-0.2, -0.15) is 0 Å². The Morgan fingerprint density at radius 2 is 1.80 bits per heavy atom. The third kappa shape index (κ3) is 3.77. The number of ether oxygens (including phenoxy) is 2. The van der Waals surface area contributed by atoms with Crippen LogP contribution in [0.15, 0.2) is 48.5 Å². The van der Waals surface area contributed by atoms with Gasteiger partial charge in [-0.05, 0) is 42.7 Å². The fraction of sp³-hybridized carbons (Fsp3) is 0.350. The molecule has 2 aliphatic heterocycles. The van der Waals surface area contributed by atoms with Crippen molar-refractivity contribution >= 4 is 5.91 Å². The molecule has 1 amide bonds. The standard InChI is InChI=1S/C20H22N2O3/c23-20(16-4-2-1-3-5-16)21-17-8-10-22(11-9-17)13-15-6-7-18-19(12-15)25-14-24-18/h1-7,12,17H,8-11,13-14H2,(H,21,23). The molecular weight excluding hydrogens is 316 g/mol. The molecule has 0 aromatic heterocycles. The Kier molecular flexibility index (Phi) is 4.57. The summed E-state index contributed by atoms with van der Waals surface area (Å²) in [5.41, 5.74) is 1.96. The van der Waals surface area contributed by atoms with Crippen LogP contribution in [0.3, 0.4) is 0 Å². The molecule has 2 aliphatic rings. The summed E-state index contributed by atoms with van der Waals surface area (Å²) in [5, 5.41) is 3.15. The topological polar surface area (TPSA) is 50.8 Å². The van der Waals surface area contributed by atoms with E-state index in [2.05, 4.69) is 22.3 Å². The van der Waals surface area contributed by atoms with E-state index < -0.39 is 0 Å². The molecule has 25 heavy (non-hydrogen) atoms. The minimum atomic E-state index is 0.0230. The van der Waals surface area contributed by atoms with Gasteiger partial charge >= 0.3 is 0 Å². The van der Waals surface area contributed by atoms with Gasteiger partial charge in [0, 0.05) is 31.2 Å². The van der Waals surface area contributed by atoms with E-state index in [1.807, 2.05) is 36.4 Å². The number of carbonyl (C=O) groups excluding carboxylic acids is 1. The molecule has 4 rings (SSSR count). The highest BCUT2D eigenvalue weighted by atomic mass is 16.7. The second-order valence-corrected chi connectivity index (χ2v) is 6.58. The monoisotopic (exact) mass is 338 g/mol. The zero-order valence-electron chi connectivity index (χ0n) is 14.1. The van der Waals surface area contributed by atoms with E-state index in [1.54, 1.807) is 0 Å². The number of piperidine rings is 1. The summed E-state index contributed by atoms with van der Waals surface area (Å²) in [6.45, 7) is 3.17. The minimum Gasteiger partial charge on any atom is -0.454 e. The molecule has 0 aliphatic carbocycles. The molecular formula is C20H22N2O3. The molecule has 0 unspecified atom stereocenters. The lowest BCUT2D eigenvalue weighted by molar-refractivity contribution is 0.0909.